The van der Waals surface area contributed by atoms with Gasteiger partial charge in [-0.3, -0.25) is 4.57 Å². The number of halogens is 4. The van der Waals surface area contributed by atoms with E-state index in [0.717, 1.165) is 16.7 Å². The smallest absolute Gasteiger partial charge is 0.416 e. The van der Waals surface area contributed by atoms with Gasteiger partial charge in [0.1, 0.15) is 11.6 Å². The van der Waals surface area contributed by atoms with Gasteiger partial charge in [0.2, 0.25) is 11.9 Å². The lowest BCUT2D eigenvalue weighted by molar-refractivity contribution is -0.137. The molecule has 0 aliphatic rings. The Morgan fingerprint density at radius 1 is 0.881 bits per heavy atom. The van der Waals surface area contributed by atoms with Crippen LogP contribution in [0.1, 0.15) is 16.7 Å². The monoisotopic (exact) mass is 583 g/mol. The first-order chi connectivity index (χ1) is 20.0. The standard InChI is InChI=1S/C28H25F4N7O3/c1-42-21-9-4-18(5-10-21)15-38-25(36-26(40)39(27(38)41)16-17-2-7-20(29)8-3-17)34-12-13-37-23-14-19(28(30,31)32)6-11-22(23)35-24(37)33/h2-11,14H,12-13,15-16H2,1H3,(H2,33,35)(H,34,36,40). The van der Waals surface area contributed by atoms with Gasteiger partial charge >= 0.3 is 17.6 Å². The molecule has 10 nitrogen and oxygen atoms in total. The van der Waals surface area contributed by atoms with Gasteiger partial charge in [0, 0.05) is 13.1 Å². The highest BCUT2D eigenvalue weighted by Crippen LogP contribution is 2.32. The number of nitrogens with zero attached hydrogens (tertiary/aromatic N) is 5. The molecular weight excluding hydrogens is 558 g/mol. The van der Waals surface area contributed by atoms with Crippen LogP contribution in [0.4, 0.5) is 29.5 Å². The topological polar surface area (TPSA) is 122 Å². The number of rotatable bonds is 9. The largest absolute Gasteiger partial charge is 0.497 e. The maximum Gasteiger partial charge on any atom is 0.416 e. The lowest BCUT2D eigenvalue weighted by Gasteiger charge is -2.16. The Labute approximate surface area is 235 Å². The Morgan fingerprint density at radius 3 is 2.17 bits per heavy atom. The van der Waals surface area contributed by atoms with E-state index in [-0.39, 0.29) is 43.6 Å². The number of anilines is 2. The molecule has 5 rings (SSSR count). The number of methoxy groups -OCH3 is 1. The molecule has 0 saturated carbocycles. The van der Waals surface area contributed by atoms with Gasteiger partial charge < -0.3 is 20.4 Å². The predicted molar refractivity (Wildman–Crippen MR) is 148 cm³/mol. The second kappa shape index (κ2) is 11.4. The SMILES string of the molecule is COc1ccc(Cn2c(NCCn3c(N)nc4ccc(C(F)(F)F)cc43)nc(=O)n(Cc3ccc(F)cc3)c2=O)cc1. The zero-order valence-corrected chi connectivity index (χ0v) is 22.2. The lowest BCUT2D eigenvalue weighted by Crippen LogP contribution is -2.43. The Hall–Kier alpha value is -5.14. The van der Waals surface area contributed by atoms with Crippen molar-refractivity contribution >= 4 is 22.9 Å². The van der Waals surface area contributed by atoms with Gasteiger partial charge in [-0.15, -0.1) is 0 Å². The first-order valence-corrected chi connectivity index (χ1v) is 12.7. The molecule has 0 fully saturated rings. The molecule has 42 heavy (non-hydrogen) atoms. The van der Waals surface area contributed by atoms with Crippen LogP contribution in [0.15, 0.2) is 76.3 Å². The van der Waals surface area contributed by atoms with Crippen LogP contribution in [0.25, 0.3) is 11.0 Å². The summed E-state index contributed by atoms with van der Waals surface area (Å²) in [4.78, 5) is 34.7. The number of fused-ring (bicyclic) bond motifs is 1. The average Bonchev–Trinajstić information content (AvgIpc) is 3.28. The third-order valence-corrected chi connectivity index (χ3v) is 6.63. The maximum atomic E-state index is 13.6. The van der Waals surface area contributed by atoms with E-state index in [2.05, 4.69) is 15.3 Å². The van der Waals surface area contributed by atoms with Crippen LogP contribution in [0.5, 0.6) is 5.75 Å². The quantitative estimate of drug-likeness (QED) is 0.254. The van der Waals surface area contributed by atoms with Crippen LogP contribution >= 0.6 is 0 Å². The lowest BCUT2D eigenvalue weighted by atomic mass is 10.2. The fourth-order valence-electron chi connectivity index (χ4n) is 4.46. The van der Waals surface area contributed by atoms with E-state index >= 15 is 0 Å². The molecule has 3 N–H and O–H groups in total. The minimum absolute atomic E-state index is 0.00409. The molecular formula is C28H25F4N7O3. The Morgan fingerprint density at radius 2 is 1.52 bits per heavy atom. The van der Waals surface area contributed by atoms with Crippen LogP contribution in [-0.2, 0) is 25.8 Å². The Balaban J connectivity index is 1.46. The molecule has 0 radical (unpaired) electrons. The summed E-state index contributed by atoms with van der Waals surface area (Å²) < 4.78 is 62.0. The van der Waals surface area contributed by atoms with Gasteiger partial charge in [0.25, 0.3) is 0 Å². The van der Waals surface area contributed by atoms with Gasteiger partial charge in [-0.2, -0.15) is 18.2 Å². The highest BCUT2D eigenvalue weighted by molar-refractivity contribution is 5.79. The van der Waals surface area contributed by atoms with Crippen LogP contribution < -0.4 is 27.2 Å². The van der Waals surface area contributed by atoms with Crippen molar-refractivity contribution in [3.8, 4) is 5.75 Å². The first kappa shape index (κ1) is 28.4. The Kier molecular flexibility index (Phi) is 7.70. The number of aromatic nitrogens is 5. The molecule has 5 aromatic rings. The van der Waals surface area contributed by atoms with Gasteiger partial charge in [-0.25, -0.2) is 23.5 Å². The molecule has 0 aliphatic carbocycles. The summed E-state index contributed by atoms with van der Waals surface area (Å²) in [6, 6.07) is 15.5. The molecule has 14 heteroatoms. The van der Waals surface area contributed by atoms with Crippen LogP contribution in [0, 0.1) is 5.82 Å². The molecule has 218 valence electrons. The predicted octanol–water partition coefficient (Wildman–Crippen LogP) is 3.71. The number of nitrogen functional groups attached to an aromatic ring is 1. The number of hydrogen-bond donors (Lipinski definition) is 2. The summed E-state index contributed by atoms with van der Waals surface area (Å²) in [5.41, 5.74) is 5.34. The second-order valence-corrected chi connectivity index (χ2v) is 9.40. The molecule has 0 unspecified atom stereocenters. The van der Waals surface area contributed by atoms with Gasteiger partial charge in [-0.1, -0.05) is 24.3 Å². The summed E-state index contributed by atoms with van der Waals surface area (Å²) >= 11 is 0. The summed E-state index contributed by atoms with van der Waals surface area (Å²) in [6.45, 7) is 0.00295. The minimum atomic E-state index is -4.55. The highest BCUT2D eigenvalue weighted by Gasteiger charge is 2.31. The van der Waals surface area contributed by atoms with Gasteiger partial charge in [-0.05, 0) is 53.6 Å². The number of hydrogen-bond acceptors (Lipinski definition) is 7. The first-order valence-electron chi connectivity index (χ1n) is 12.7. The number of nitrogens with one attached hydrogen (secondary N) is 1. The molecule has 0 saturated heterocycles. The molecule has 0 atom stereocenters. The van der Waals surface area contributed by atoms with Crippen molar-refractivity contribution in [1.29, 1.82) is 0 Å². The summed E-state index contributed by atoms with van der Waals surface area (Å²) in [6.07, 6.45) is -4.55. The number of nitrogens with two attached hydrogens (primary N) is 1. The van der Waals surface area contributed by atoms with E-state index in [1.165, 1.54) is 46.6 Å². The molecule has 2 aromatic heterocycles. The van der Waals surface area contributed by atoms with Gasteiger partial charge in [0.15, 0.2) is 0 Å². The number of alkyl halides is 3. The van der Waals surface area contributed by atoms with Crippen molar-refractivity contribution in [2.45, 2.75) is 25.8 Å². The molecule has 0 bridgehead atoms. The molecule has 3 aromatic carbocycles. The molecule has 0 aliphatic heterocycles. The zero-order chi connectivity index (χ0) is 30.0. The maximum absolute atomic E-state index is 13.6. The molecule has 2 heterocycles. The second-order valence-electron chi connectivity index (χ2n) is 9.40. The van der Waals surface area contributed by atoms with Crippen molar-refractivity contribution < 1.29 is 22.3 Å². The van der Waals surface area contributed by atoms with E-state index in [9.17, 15) is 27.2 Å². The van der Waals surface area contributed by atoms with Crippen LogP contribution in [-0.4, -0.2) is 37.3 Å². The van der Waals surface area contributed by atoms with Crippen LogP contribution in [0.2, 0.25) is 0 Å². The van der Waals surface area contributed by atoms with E-state index < -0.39 is 28.9 Å². The average molecular weight is 584 g/mol. The third-order valence-electron chi connectivity index (χ3n) is 6.63. The highest BCUT2D eigenvalue weighted by atomic mass is 19.4. The minimum Gasteiger partial charge on any atom is -0.497 e. The van der Waals surface area contributed by atoms with E-state index in [0.29, 0.717) is 22.4 Å². The van der Waals surface area contributed by atoms with Crippen molar-refractivity contribution in [1.82, 2.24) is 23.7 Å². The summed E-state index contributed by atoms with van der Waals surface area (Å²) in [5, 5.41) is 2.95. The van der Waals surface area contributed by atoms with Crippen molar-refractivity contribution in [3.63, 3.8) is 0 Å². The number of benzene rings is 3. The number of imidazole rings is 1. The molecule has 0 amide bonds. The van der Waals surface area contributed by atoms with Crippen LogP contribution in [0.3, 0.4) is 0 Å². The fourth-order valence-corrected chi connectivity index (χ4v) is 4.46. The normalized spacial score (nSPS) is 11.6. The molecule has 0 spiro atoms. The van der Waals surface area contributed by atoms with Crippen molar-refractivity contribution in [2.75, 3.05) is 24.7 Å². The van der Waals surface area contributed by atoms with E-state index in [1.54, 1.807) is 24.3 Å². The summed E-state index contributed by atoms with van der Waals surface area (Å²) in [7, 11) is 1.52. The Bertz CT molecular complexity index is 1840. The van der Waals surface area contributed by atoms with Crippen molar-refractivity contribution in [3.05, 3.63) is 110 Å². The van der Waals surface area contributed by atoms with Crippen molar-refractivity contribution in [2.24, 2.45) is 0 Å². The van der Waals surface area contributed by atoms with E-state index in [1.807, 2.05) is 0 Å². The van der Waals surface area contributed by atoms with Gasteiger partial charge in [0.05, 0.1) is 36.8 Å². The van der Waals surface area contributed by atoms with E-state index in [4.69, 9.17) is 10.5 Å². The fraction of sp³-hybridized carbons (Fsp3) is 0.214. The zero-order valence-electron chi connectivity index (χ0n) is 22.2. The number of ether oxygens (including phenoxy) is 1. The summed E-state index contributed by atoms with van der Waals surface area (Å²) in [5.74, 6) is 0.115. The third kappa shape index (κ3) is 5.96.